The van der Waals surface area contributed by atoms with E-state index in [9.17, 15) is 4.79 Å². The lowest BCUT2D eigenvalue weighted by Crippen LogP contribution is -2.40. The van der Waals surface area contributed by atoms with Crippen molar-refractivity contribution in [3.8, 4) is 0 Å². The summed E-state index contributed by atoms with van der Waals surface area (Å²) in [6.07, 6.45) is 5.74. The van der Waals surface area contributed by atoms with Gasteiger partial charge in [0.2, 0.25) is 0 Å². The topological polar surface area (TPSA) is 68.5 Å². The molecule has 2 aromatic rings. The van der Waals surface area contributed by atoms with E-state index >= 15 is 0 Å². The maximum absolute atomic E-state index is 12.7. The third kappa shape index (κ3) is 4.18. The number of fused-ring (bicyclic) bond motifs is 1. The summed E-state index contributed by atoms with van der Waals surface area (Å²) in [6, 6.07) is 2.14. The Morgan fingerprint density at radius 1 is 1.24 bits per heavy atom. The molecule has 0 atom stereocenters. The Balaban J connectivity index is 1.64. The van der Waals surface area contributed by atoms with Crippen LogP contribution in [0.2, 0.25) is 0 Å². The molecule has 0 saturated heterocycles. The van der Waals surface area contributed by atoms with Gasteiger partial charge in [-0.25, -0.2) is 9.50 Å². The Labute approximate surface area is 149 Å². The summed E-state index contributed by atoms with van der Waals surface area (Å²) in [7, 11) is 0. The number of aryl methyl sites for hydroxylation is 2. The van der Waals surface area contributed by atoms with E-state index in [4.69, 9.17) is 4.74 Å². The molecule has 1 amide bonds. The summed E-state index contributed by atoms with van der Waals surface area (Å²) >= 11 is 0. The summed E-state index contributed by atoms with van der Waals surface area (Å²) < 4.78 is 7.77. The highest BCUT2D eigenvalue weighted by Crippen LogP contribution is 2.25. The predicted octanol–water partition coefficient (Wildman–Crippen LogP) is 3.20. The minimum atomic E-state index is -0.112. The second-order valence-corrected chi connectivity index (χ2v) is 8.01. The molecule has 0 unspecified atom stereocenters. The van der Waals surface area contributed by atoms with Crippen LogP contribution in [0.1, 0.15) is 68.2 Å². The second-order valence-electron chi connectivity index (χ2n) is 8.01. The van der Waals surface area contributed by atoms with Gasteiger partial charge in [-0.15, -0.1) is 0 Å². The molecule has 2 heterocycles. The van der Waals surface area contributed by atoms with Gasteiger partial charge in [-0.2, -0.15) is 5.10 Å². The van der Waals surface area contributed by atoms with Gasteiger partial charge in [-0.1, -0.05) is 0 Å². The van der Waals surface area contributed by atoms with Crippen LogP contribution in [0.5, 0.6) is 0 Å². The Morgan fingerprint density at radius 2 is 1.92 bits per heavy atom. The number of nitrogens with zero attached hydrogens (tertiary/aromatic N) is 3. The second kappa shape index (κ2) is 6.75. The number of carbonyl (C=O) groups is 1. The molecule has 1 fully saturated rings. The average Bonchev–Trinajstić information content (AvgIpc) is 2.92. The maximum atomic E-state index is 12.7. The summed E-state index contributed by atoms with van der Waals surface area (Å²) in [4.78, 5) is 17.2. The van der Waals surface area contributed by atoms with Gasteiger partial charge in [-0.3, -0.25) is 4.79 Å². The lowest BCUT2D eigenvalue weighted by atomic mass is 9.92. The highest BCUT2D eigenvalue weighted by atomic mass is 16.5. The zero-order valence-electron chi connectivity index (χ0n) is 15.8. The van der Waals surface area contributed by atoms with Gasteiger partial charge < -0.3 is 10.1 Å². The van der Waals surface area contributed by atoms with Crippen LogP contribution in [-0.2, 0) is 4.74 Å². The standard InChI is InChI=1S/C19H28N4O2/c1-12-10-13(2)23-17(21-12)16(11-20-23)18(24)22-14-6-8-15(9-7-14)25-19(3,4)5/h10-11,14-15H,6-9H2,1-5H3,(H,22,24). The third-order valence-corrected chi connectivity index (χ3v) is 4.55. The number of nitrogens with one attached hydrogen (secondary N) is 1. The smallest absolute Gasteiger partial charge is 0.256 e. The fourth-order valence-electron chi connectivity index (χ4n) is 3.52. The monoisotopic (exact) mass is 344 g/mol. The molecule has 0 radical (unpaired) electrons. The van der Waals surface area contributed by atoms with Crippen LogP contribution in [0.4, 0.5) is 0 Å². The zero-order valence-corrected chi connectivity index (χ0v) is 15.8. The molecule has 0 aliphatic heterocycles. The van der Waals surface area contributed by atoms with Crippen molar-refractivity contribution in [1.82, 2.24) is 19.9 Å². The largest absolute Gasteiger partial charge is 0.373 e. The molecule has 0 bridgehead atoms. The molecular formula is C19H28N4O2. The lowest BCUT2D eigenvalue weighted by molar-refractivity contribution is -0.0757. The van der Waals surface area contributed by atoms with Crippen molar-refractivity contribution in [2.45, 2.75) is 78.0 Å². The molecule has 1 aliphatic rings. The quantitative estimate of drug-likeness (QED) is 0.928. The van der Waals surface area contributed by atoms with Crippen molar-refractivity contribution in [3.05, 3.63) is 29.2 Å². The minimum Gasteiger partial charge on any atom is -0.373 e. The molecule has 1 aliphatic carbocycles. The molecular weight excluding hydrogens is 316 g/mol. The molecule has 0 spiro atoms. The van der Waals surface area contributed by atoms with Crippen LogP contribution in [0, 0.1) is 13.8 Å². The number of hydrogen-bond acceptors (Lipinski definition) is 4. The van der Waals surface area contributed by atoms with Gasteiger partial charge in [-0.05, 0) is 66.4 Å². The molecule has 2 aromatic heterocycles. The fourth-order valence-corrected chi connectivity index (χ4v) is 3.52. The van der Waals surface area contributed by atoms with Crippen LogP contribution in [0.3, 0.4) is 0 Å². The van der Waals surface area contributed by atoms with Gasteiger partial charge in [0.25, 0.3) is 5.91 Å². The highest BCUT2D eigenvalue weighted by Gasteiger charge is 2.27. The van der Waals surface area contributed by atoms with E-state index in [1.54, 1.807) is 10.7 Å². The average molecular weight is 344 g/mol. The first-order valence-electron chi connectivity index (χ1n) is 9.03. The number of hydrogen-bond donors (Lipinski definition) is 1. The van der Waals surface area contributed by atoms with Crippen LogP contribution >= 0.6 is 0 Å². The number of amides is 1. The number of ether oxygens (including phenoxy) is 1. The van der Waals surface area contributed by atoms with E-state index < -0.39 is 0 Å². The summed E-state index contributed by atoms with van der Waals surface area (Å²) in [5.74, 6) is -0.0901. The van der Waals surface area contributed by atoms with Gasteiger partial charge >= 0.3 is 0 Å². The number of aromatic nitrogens is 3. The summed E-state index contributed by atoms with van der Waals surface area (Å²) in [5.41, 5.74) is 2.92. The normalized spacial score (nSPS) is 21.5. The Morgan fingerprint density at radius 3 is 2.56 bits per heavy atom. The van der Waals surface area contributed by atoms with Crippen molar-refractivity contribution >= 4 is 11.6 Å². The van der Waals surface area contributed by atoms with E-state index in [0.29, 0.717) is 11.2 Å². The Bertz CT molecular complexity index is 768. The molecule has 3 rings (SSSR count). The number of carbonyl (C=O) groups excluding carboxylic acids is 1. The van der Waals surface area contributed by atoms with Gasteiger partial charge in [0.1, 0.15) is 5.56 Å². The molecule has 136 valence electrons. The van der Waals surface area contributed by atoms with E-state index in [0.717, 1.165) is 37.1 Å². The van der Waals surface area contributed by atoms with Crippen molar-refractivity contribution in [3.63, 3.8) is 0 Å². The third-order valence-electron chi connectivity index (χ3n) is 4.55. The van der Waals surface area contributed by atoms with Crippen LogP contribution < -0.4 is 5.32 Å². The molecule has 1 saturated carbocycles. The van der Waals surface area contributed by atoms with E-state index in [1.165, 1.54) is 0 Å². The van der Waals surface area contributed by atoms with E-state index in [-0.39, 0.29) is 23.7 Å². The SMILES string of the molecule is Cc1cc(C)n2ncc(C(=O)NC3CCC(OC(C)(C)C)CC3)c2n1. The first kappa shape index (κ1) is 17.9. The minimum absolute atomic E-state index is 0.0901. The fraction of sp³-hybridized carbons (Fsp3) is 0.632. The van der Waals surface area contributed by atoms with Crippen molar-refractivity contribution in [1.29, 1.82) is 0 Å². The molecule has 25 heavy (non-hydrogen) atoms. The van der Waals surface area contributed by atoms with Crippen LogP contribution in [0.25, 0.3) is 5.65 Å². The van der Waals surface area contributed by atoms with Gasteiger partial charge in [0, 0.05) is 17.4 Å². The first-order chi connectivity index (χ1) is 11.7. The van der Waals surface area contributed by atoms with Crippen molar-refractivity contribution in [2.75, 3.05) is 0 Å². The van der Waals surface area contributed by atoms with Gasteiger partial charge in [0.05, 0.1) is 17.9 Å². The molecule has 6 heteroatoms. The Kier molecular flexibility index (Phi) is 4.82. The predicted molar refractivity (Wildman–Crippen MR) is 96.8 cm³/mol. The number of rotatable bonds is 3. The van der Waals surface area contributed by atoms with Gasteiger partial charge in [0.15, 0.2) is 5.65 Å². The highest BCUT2D eigenvalue weighted by molar-refractivity contribution is 5.99. The van der Waals surface area contributed by atoms with Crippen molar-refractivity contribution in [2.24, 2.45) is 0 Å². The first-order valence-corrected chi connectivity index (χ1v) is 9.03. The van der Waals surface area contributed by atoms with Crippen molar-refractivity contribution < 1.29 is 9.53 Å². The summed E-state index contributed by atoms with van der Waals surface area (Å²) in [6.45, 7) is 10.2. The zero-order chi connectivity index (χ0) is 18.2. The van der Waals surface area contributed by atoms with Crippen LogP contribution in [0.15, 0.2) is 12.3 Å². The Hall–Kier alpha value is -1.95. The molecule has 1 N–H and O–H groups in total. The summed E-state index contributed by atoms with van der Waals surface area (Å²) in [5, 5.41) is 7.45. The molecule has 0 aromatic carbocycles. The van der Waals surface area contributed by atoms with Crippen LogP contribution in [-0.4, -0.2) is 38.3 Å². The van der Waals surface area contributed by atoms with E-state index in [1.807, 2.05) is 19.9 Å². The lowest BCUT2D eigenvalue weighted by Gasteiger charge is -2.33. The molecule has 6 nitrogen and oxygen atoms in total. The van der Waals surface area contributed by atoms with E-state index in [2.05, 4.69) is 36.2 Å². The maximum Gasteiger partial charge on any atom is 0.256 e.